The van der Waals surface area contributed by atoms with Gasteiger partial charge in [0.15, 0.2) is 5.82 Å². The maximum atomic E-state index is 12.6. The standard InChI is InChI=1S/C25H34N6O3/c1-16(2)34-22-13-17(30-11-8-19(32)9-12-30)6-7-20(22)27-25-26-15-21-24(28-25)31-10-4-5-18(31)14-23(33)29(21)3/h6-7,13,15-16,18-19,32H,4-5,8-12,14H2,1-3H3,(H,26,27,28)/t18-/m0/s1. The summed E-state index contributed by atoms with van der Waals surface area (Å²) in [5.74, 6) is 2.13. The Hall–Kier alpha value is -3.07. The molecule has 2 aromatic rings. The van der Waals surface area contributed by atoms with Crippen molar-refractivity contribution in [1.29, 1.82) is 0 Å². The van der Waals surface area contributed by atoms with Gasteiger partial charge in [0.25, 0.3) is 0 Å². The number of carbonyl (C=O) groups excluding carboxylic acids is 1. The second kappa shape index (κ2) is 9.29. The van der Waals surface area contributed by atoms with Crippen molar-refractivity contribution < 1.29 is 14.6 Å². The molecular formula is C25H34N6O3. The number of nitrogens with one attached hydrogen (secondary N) is 1. The van der Waals surface area contributed by atoms with Crippen LogP contribution < -0.4 is 24.8 Å². The fourth-order valence-corrected chi connectivity index (χ4v) is 5.08. The molecule has 3 aliphatic heterocycles. The van der Waals surface area contributed by atoms with Crippen LogP contribution in [-0.2, 0) is 4.79 Å². The van der Waals surface area contributed by atoms with Crippen LogP contribution in [0.2, 0.25) is 0 Å². The van der Waals surface area contributed by atoms with E-state index in [0.717, 1.165) is 73.9 Å². The monoisotopic (exact) mass is 466 g/mol. The van der Waals surface area contributed by atoms with E-state index in [1.54, 1.807) is 18.1 Å². The van der Waals surface area contributed by atoms with Gasteiger partial charge in [0, 0.05) is 50.9 Å². The quantitative estimate of drug-likeness (QED) is 0.693. The predicted molar refractivity (Wildman–Crippen MR) is 133 cm³/mol. The van der Waals surface area contributed by atoms with E-state index >= 15 is 0 Å². The third kappa shape index (κ3) is 4.49. The number of fused-ring (bicyclic) bond motifs is 3. The van der Waals surface area contributed by atoms with Crippen LogP contribution >= 0.6 is 0 Å². The number of benzene rings is 1. The number of hydrogen-bond acceptors (Lipinski definition) is 8. The fraction of sp³-hybridized carbons (Fsp3) is 0.560. The highest BCUT2D eigenvalue weighted by molar-refractivity contribution is 5.97. The average molecular weight is 467 g/mol. The SMILES string of the molecule is CC(C)Oc1cc(N2CCC(O)CC2)ccc1Nc1ncc2c(n1)N1CCC[C@H]1CC(=O)N2C. The number of anilines is 5. The largest absolute Gasteiger partial charge is 0.489 e. The number of hydrogen-bond donors (Lipinski definition) is 2. The van der Waals surface area contributed by atoms with Crippen LogP contribution in [0.15, 0.2) is 24.4 Å². The molecule has 1 aromatic carbocycles. The molecule has 1 atom stereocenters. The van der Waals surface area contributed by atoms with Gasteiger partial charge in [-0.3, -0.25) is 4.79 Å². The summed E-state index contributed by atoms with van der Waals surface area (Å²) in [5, 5.41) is 13.2. The van der Waals surface area contributed by atoms with Gasteiger partial charge in [-0.1, -0.05) is 0 Å². The van der Waals surface area contributed by atoms with Crippen LogP contribution in [0, 0.1) is 0 Å². The number of aliphatic hydroxyl groups is 1. The fourth-order valence-electron chi connectivity index (χ4n) is 5.08. The van der Waals surface area contributed by atoms with Crippen LogP contribution in [0.25, 0.3) is 0 Å². The van der Waals surface area contributed by atoms with Crippen molar-refractivity contribution in [3.05, 3.63) is 24.4 Å². The summed E-state index contributed by atoms with van der Waals surface area (Å²) in [6.45, 7) is 6.56. The summed E-state index contributed by atoms with van der Waals surface area (Å²) < 4.78 is 6.15. The van der Waals surface area contributed by atoms with Crippen molar-refractivity contribution >= 4 is 34.7 Å². The van der Waals surface area contributed by atoms with E-state index in [1.807, 2.05) is 26.0 Å². The van der Waals surface area contributed by atoms with Crippen molar-refractivity contribution in [2.45, 2.75) is 64.2 Å². The minimum atomic E-state index is -0.210. The molecule has 2 fully saturated rings. The molecule has 0 saturated carbocycles. The van der Waals surface area contributed by atoms with Crippen molar-refractivity contribution in [3.8, 4) is 5.75 Å². The first-order valence-corrected chi connectivity index (χ1v) is 12.3. The molecule has 4 heterocycles. The third-order valence-electron chi connectivity index (χ3n) is 6.95. The van der Waals surface area contributed by atoms with Crippen LogP contribution in [-0.4, -0.2) is 65.9 Å². The Bertz CT molecular complexity index is 1050. The zero-order valence-corrected chi connectivity index (χ0v) is 20.2. The number of ether oxygens (including phenoxy) is 1. The predicted octanol–water partition coefficient (Wildman–Crippen LogP) is 3.30. The molecule has 34 heavy (non-hydrogen) atoms. The van der Waals surface area contributed by atoms with Crippen molar-refractivity contribution in [1.82, 2.24) is 9.97 Å². The molecule has 0 aliphatic carbocycles. The zero-order valence-electron chi connectivity index (χ0n) is 20.2. The molecule has 1 aromatic heterocycles. The highest BCUT2D eigenvalue weighted by atomic mass is 16.5. The number of piperidine rings is 1. The Morgan fingerprint density at radius 2 is 1.97 bits per heavy atom. The number of rotatable bonds is 5. The second-order valence-electron chi connectivity index (χ2n) is 9.74. The summed E-state index contributed by atoms with van der Waals surface area (Å²) in [7, 11) is 1.80. The van der Waals surface area contributed by atoms with Crippen LogP contribution in [0.4, 0.5) is 28.8 Å². The van der Waals surface area contributed by atoms with Crippen LogP contribution in [0.5, 0.6) is 5.75 Å². The van der Waals surface area contributed by atoms with Gasteiger partial charge < -0.3 is 29.9 Å². The summed E-state index contributed by atoms with van der Waals surface area (Å²) in [6.07, 6.45) is 5.67. The molecule has 0 bridgehead atoms. The van der Waals surface area contributed by atoms with Gasteiger partial charge in [-0.15, -0.1) is 0 Å². The number of aliphatic hydroxyl groups excluding tert-OH is 1. The first-order valence-electron chi connectivity index (χ1n) is 12.3. The van der Waals surface area contributed by atoms with Crippen LogP contribution in [0.1, 0.15) is 46.0 Å². The molecule has 1 amide bonds. The van der Waals surface area contributed by atoms with Gasteiger partial charge in [-0.05, 0) is 51.7 Å². The van der Waals surface area contributed by atoms with Crippen LogP contribution in [0.3, 0.4) is 0 Å². The van der Waals surface area contributed by atoms with Gasteiger partial charge in [0.1, 0.15) is 11.4 Å². The lowest BCUT2D eigenvalue weighted by molar-refractivity contribution is -0.118. The van der Waals surface area contributed by atoms with Gasteiger partial charge in [-0.25, -0.2) is 4.98 Å². The van der Waals surface area contributed by atoms with Gasteiger partial charge in [-0.2, -0.15) is 4.98 Å². The molecule has 182 valence electrons. The first kappa shape index (κ1) is 22.7. The molecule has 9 nitrogen and oxygen atoms in total. The highest BCUT2D eigenvalue weighted by Gasteiger charge is 2.35. The normalized spacial score (nSPS) is 20.9. The number of amides is 1. The Balaban J connectivity index is 1.44. The summed E-state index contributed by atoms with van der Waals surface area (Å²) in [5.41, 5.74) is 2.63. The summed E-state index contributed by atoms with van der Waals surface area (Å²) >= 11 is 0. The Labute approximate surface area is 200 Å². The van der Waals surface area contributed by atoms with Crippen molar-refractivity contribution in [2.75, 3.05) is 46.7 Å². The Morgan fingerprint density at radius 1 is 1.18 bits per heavy atom. The molecular weight excluding hydrogens is 432 g/mol. The topological polar surface area (TPSA) is 94.1 Å². The Morgan fingerprint density at radius 3 is 2.74 bits per heavy atom. The lowest BCUT2D eigenvalue weighted by atomic mass is 10.1. The molecule has 3 aliphatic rings. The molecule has 0 unspecified atom stereocenters. The Kier molecular flexibility index (Phi) is 6.20. The maximum absolute atomic E-state index is 12.6. The van der Waals surface area contributed by atoms with Crippen molar-refractivity contribution in [2.24, 2.45) is 0 Å². The van der Waals surface area contributed by atoms with E-state index in [4.69, 9.17) is 9.72 Å². The molecule has 5 rings (SSSR count). The van der Waals surface area contributed by atoms with E-state index in [9.17, 15) is 9.90 Å². The smallest absolute Gasteiger partial charge is 0.229 e. The van der Waals surface area contributed by atoms with E-state index < -0.39 is 0 Å². The van der Waals surface area contributed by atoms with Gasteiger partial charge >= 0.3 is 0 Å². The van der Waals surface area contributed by atoms with E-state index in [0.29, 0.717) is 12.4 Å². The minimum absolute atomic E-state index is 0.0111. The first-order chi connectivity index (χ1) is 16.4. The number of nitrogens with zero attached hydrogens (tertiary/aromatic N) is 5. The molecule has 0 radical (unpaired) electrons. The average Bonchev–Trinajstić information content (AvgIpc) is 3.24. The highest BCUT2D eigenvalue weighted by Crippen LogP contribution is 2.38. The number of aromatic nitrogens is 2. The van der Waals surface area contributed by atoms with E-state index in [1.165, 1.54) is 0 Å². The summed E-state index contributed by atoms with van der Waals surface area (Å²) in [6, 6.07) is 6.31. The maximum Gasteiger partial charge on any atom is 0.229 e. The van der Waals surface area contributed by atoms with E-state index in [2.05, 4.69) is 26.2 Å². The second-order valence-corrected chi connectivity index (χ2v) is 9.74. The minimum Gasteiger partial charge on any atom is -0.489 e. The van der Waals surface area contributed by atoms with E-state index in [-0.39, 0.29) is 24.2 Å². The lowest BCUT2D eigenvalue weighted by Crippen LogP contribution is -2.35. The third-order valence-corrected chi connectivity index (χ3v) is 6.95. The molecule has 2 saturated heterocycles. The van der Waals surface area contributed by atoms with Gasteiger partial charge in [0.05, 0.1) is 24.1 Å². The number of carbonyl (C=O) groups is 1. The molecule has 0 spiro atoms. The zero-order chi connectivity index (χ0) is 23.8. The van der Waals surface area contributed by atoms with Gasteiger partial charge in [0.2, 0.25) is 11.9 Å². The summed E-state index contributed by atoms with van der Waals surface area (Å²) in [4.78, 5) is 28.2. The lowest BCUT2D eigenvalue weighted by Gasteiger charge is -2.32. The molecule has 9 heteroatoms. The van der Waals surface area contributed by atoms with Crippen molar-refractivity contribution in [3.63, 3.8) is 0 Å². The molecule has 2 N–H and O–H groups in total.